The summed E-state index contributed by atoms with van der Waals surface area (Å²) >= 11 is 0. The number of carbonyl (C=O) groups is 1. The normalized spacial score (nSPS) is 10.4. The Kier molecular flexibility index (Phi) is 5.74. The topological polar surface area (TPSA) is 83.4 Å². The van der Waals surface area contributed by atoms with Gasteiger partial charge in [0.05, 0.1) is 26.7 Å². The van der Waals surface area contributed by atoms with Gasteiger partial charge < -0.3 is 18.9 Å². The third kappa shape index (κ3) is 3.59. The minimum absolute atomic E-state index is 0.111. The quantitative estimate of drug-likeness (QED) is 0.566. The van der Waals surface area contributed by atoms with Crippen molar-refractivity contribution < 1.29 is 23.7 Å². The van der Waals surface area contributed by atoms with E-state index in [1.807, 2.05) is 30.3 Å². The Labute approximate surface area is 161 Å². The summed E-state index contributed by atoms with van der Waals surface area (Å²) in [6.07, 6.45) is 0. The minimum atomic E-state index is -0.889. The smallest absolute Gasteiger partial charge is 0.316 e. The van der Waals surface area contributed by atoms with E-state index in [-0.39, 0.29) is 12.2 Å². The van der Waals surface area contributed by atoms with Crippen molar-refractivity contribution in [2.24, 2.45) is 5.18 Å². The Morgan fingerprint density at radius 1 is 0.893 bits per heavy atom. The van der Waals surface area contributed by atoms with Gasteiger partial charge in [0.25, 0.3) is 0 Å². The van der Waals surface area contributed by atoms with Gasteiger partial charge >= 0.3 is 5.91 Å². The summed E-state index contributed by atoms with van der Waals surface area (Å²) in [6, 6.07) is 14.3. The van der Waals surface area contributed by atoms with Crippen LogP contribution in [0.5, 0.6) is 23.0 Å². The summed E-state index contributed by atoms with van der Waals surface area (Å²) in [6.45, 7) is 0.263. The molecule has 0 aliphatic carbocycles. The molecule has 1 amide bonds. The molecule has 3 rings (SSSR count). The van der Waals surface area contributed by atoms with E-state index in [1.165, 1.54) is 27.4 Å². The summed E-state index contributed by atoms with van der Waals surface area (Å²) < 4.78 is 22.3. The third-order valence-electron chi connectivity index (χ3n) is 4.27. The first kappa shape index (κ1) is 19.2. The Morgan fingerprint density at radius 2 is 1.61 bits per heavy atom. The minimum Gasteiger partial charge on any atom is -0.493 e. The zero-order chi connectivity index (χ0) is 20.1. The van der Waals surface area contributed by atoms with Gasteiger partial charge in [0.15, 0.2) is 11.5 Å². The summed E-state index contributed by atoms with van der Waals surface area (Å²) in [5.74, 6) is 0.698. The SMILES string of the molecule is COc1cc2cc(C(=O)N=O)cc(OCc3ccccc3)c2c(OC)c1OC. The standard InChI is InChI=1S/C21H19NO6/c1-25-17-10-14-9-15(21(23)22-24)11-16(18(14)20(27-3)19(17)26-2)28-12-13-7-5-4-6-8-13/h4-11H,12H2,1-3H3. The highest BCUT2D eigenvalue weighted by Gasteiger charge is 2.22. The van der Waals surface area contributed by atoms with Gasteiger partial charge in [0.1, 0.15) is 12.4 Å². The molecule has 0 heterocycles. The first-order valence-electron chi connectivity index (χ1n) is 8.44. The molecule has 0 aromatic heterocycles. The highest BCUT2D eigenvalue weighted by Crippen LogP contribution is 2.47. The fraction of sp³-hybridized carbons (Fsp3) is 0.190. The molecule has 0 radical (unpaired) electrons. The van der Waals surface area contributed by atoms with Crippen molar-refractivity contribution in [3.05, 3.63) is 64.6 Å². The molecule has 144 valence electrons. The molecule has 0 unspecified atom stereocenters. The van der Waals surface area contributed by atoms with Crippen molar-refractivity contribution in [1.29, 1.82) is 0 Å². The molecule has 0 saturated carbocycles. The molecule has 7 nitrogen and oxygen atoms in total. The first-order valence-corrected chi connectivity index (χ1v) is 8.44. The van der Waals surface area contributed by atoms with Crippen LogP contribution in [0.4, 0.5) is 0 Å². The summed E-state index contributed by atoms with van der Waals surface area (Å²) in [4.78, 5) is 22.7. The van der Waals surface area contributed by atoms with Crippen LogP contribution in [-0.4, -0.2) is 27.2 Å². The molecule has 0 aliphatic heterocycles. The highest BCUT2D eigenvalue weighted by atomic mass is 16.5. The van der Waals surface area contributed by atoms with Gasteiger partial charge in [-0.2, -0.15) is 0 Å². The number of fused-ring (bicyclic) bond motifs is 1. The second-order valence-electron chi connectivity index (χ2n) is 5.89. The molecule has 28 heavy (non-hydrogen) atoms. The van der Waals surface area contributed by atoms with Crippen molar-refractivity contribution in [3.8, 4) is 23.0 Å². The molecular weight excluding hydrogens is 362 g/mol. The first-order chi connectivity index (χ1) is 13.6. The number of methoxy groups -OCH3 is 3. The maximum atomic E-state index is 11.9. The number of amides is 1. The van der Waals surface area contributed by atoms with Gasteiger partial charge in [-0.3, -0.25) is 4.79 Å². The second-order valence-corrected chi connectivity index (χ2v) is 5.89. The molecule has 3 aromatic rings. The lowest BCUT2D eigenvalue weighted by atomic mass is 10.0. The number of carbonyl (C=O) groups excluding carboxylic acids is 1. The van der Waals surface area contributed by atoms with Gasteiger partial charge in [-0.1, -0.05) is 30.3 Å². The van der Waals surface area contributed by atoms with Crippen molar-refractivity contribution in [3.63, 3.8) is 0 Å². The molecule has 7 heteroatoms. The summed E-state index contributed by atoms with van der Waals surface area (Å²) in [5, 5.41) is 3.70. The van der Waals surface area contributed by atoms with Crippen molar-refractivity contribution in [2.45, 2.75) is 6.61 Å². The molecule has 0 N–H and O–H groups in total. The van der Waals surface area contributed by atoms with Gasteiger partial charge in [-0.15, -0.1) is 4.91 Å². The number of nitroso groups, excluding NO2 is 1. The lowest BCUT2D eigenvalue weighted by Crippen LogP contribution is -2.02. The summed E-state index contributed by atoms with van der Waals surface area (Å²) in [7, 11) is 4.51. The molecule has 0 bridgehead atoms. The van der Waals surface area contributed by atoms with Gasteiger partial charge in [-0.25, -0.2) is 0 Å². The van der Waals surface area contributed by atoms with Crippen LogP contribution in [0.1, 0.15) is 15.9 Å². The fourth-order valence-corrected chi connectivity index (χ4v) is 2.99. The van der Waals surface area contributed by atoms with Crippen LogP contribution in [0.3, 0.4) is 0 Å². The van der Waals surface area contributed by atoms with Crippen LogP contribution in [-0.2, 0) is 6.61 Å². The van der Waals surface area contributed by atoms with E-state index in [1.54, 1.807) is 12.1 Å². The second kappa shape index (κ2) is 8.39. The average molecular weight is 381 g/mol. The molecule has 0 fully saturated rings. The zero-order valence-corrected chi connectivity index (χ0v) is 15.7. The number of ether oxygens (including phenoxy) is 4. The molecular formula is C21H19NO6. The van der Waals surface area contributed by atoms with Crippen LogP contribution in [0, 0.1) is 4.91 Å². The monoisotopic (exact) mass is 381 g/mol. The molecule has 0 saturated heterocycles. The Hall–Kier alpha value is -3.61. The Morgan fingerprint density at radius 3 is 2.21 bits per heavy atom. The zero-order valence-electron chi connectivity index (χ0n) is 15.7. The lowest BCUT2D eigenvalue weighted by molar-refractivity contribution is 0.100. The van der Waals surface area contributed by atoms with Crippen LogP contribution >= 0.6 is 0 Å². The molecule has 0 spiro atoms. The van der Waals surface area contributed by atoms with Crippen LogP contribution < -0.4 is 18.9 Å². The van der Waals surface area contributed by atoms with Crippen LogP contribution in [0.2, 0.25) is 0 Å². The molecule has 0 atom stereocenters. The maximum Gasteiger partial charge on any atom is 0.316 e. The van der Waals surface area contributed by atoms with Crippen molar-refractivity contribution in [2.75, 3.05) is 21.3 Å². The maximum absolute atomic E-state index is 11.9. The van der Waals surface area contributed by atoms with E-state index < -0.39 is 5.91 Å². The van der Waals surface area contributed by atoms with Gasteiger partial charge in [0, 0.05) is 10.7 Å². The fourth-order valence-electron chi connectivity index (χ4n) is 2.99. The van der Waals surface area contributed by atoms with E-state index in [4.69, 9.17) is 18.9 Å². The van der Waals surface area contributed by atoms with E-state index >= 15 is 0 Å². The number of benzene rings is 3. The van der Waals surface area contributed by atoms with E-state index in [0.29, 0.717) is 33.8 Å². The lowest BCUT2D eigenvalue weighted by Gasteiger charge is -2.18. The van der Waals surface area contributed by atoms with Crippen molar-refractivity contribution >= 4 is 16.7 Å². The summed E-state index contributed by atoms with van der Waals surface area (Å²) in [5.41, 5.74) is 1.06. The average Bonchev–Trinajstić information content (AvgIpc) is 2.75. The third-order valence-corrected chi connectivity index (χ3v) is 4.27. The van der Waals surface area contributed by atoms with E-state index in [9.17, 15) is 9.70 Å². The number of nitrogens with zero attached hydrogens (tertiary/aromatic N) is 1. The van der Waals surface area contributed by atoms with Crippen LogP contribution in [0.15, 0.2) is 53.7 Å². The molecule has 0 aliphatic rings. The number of hydrogen-bond acceptors (Lipinski definition) is 6. The van der Waals surface area contributed by atoms with E-state index in [2.05, 4.69) is 5.18 Å². The predicted molar refractivity (Wildman–Crippen MR) is 105 cm³/mol. The highest BCUT2D eigenvalue weighted by molar-refractivity contribution is 6.04. The van der Waals surface area contributed by atoms with Gasteiger partial charge in [0.2, 0.25) is 5.75 Å². The number of rotatable bonds is 7. The van der Waals surface area contributed by atoms with Crippen molar-refractivity contribution in [1.82, 2.24) is 0 Å². The number of hydrogen-bond donors (Lipinski definition) is 0. The Balaban J connectivity index is 2.22. The Bertz CT molecular complexity index is 1020. The molecule has 3 aromatic carbocycles. The predicted octanol–water partition coefficient (Wildman–Crippen LogP) is 4.35. The van der Waals surface area contributed by atoms with Gasteiger partial charge in [-0.05, 0) is 29.1 Å². The largest absolute Gasteiger partial charge is 0.493 e. The van der Waals surface area contributed by atoms with E-state index in [0.717, 1.165) is 5.56 Å². The van der Waals surface area contributed by atoms with Crippen LogP contribution in [0.25, 0.3) is 10.8 Å².